The van der Waals surface area contributed by atoms with Gasteiger partial charge in [0.25, 0.3) is 9.70 Å². The highest BCUT2D eigenvalue weighted by Gasteiger charge is 2.30. The van der Waals surface area contributed by atoms with Crippen molar-refractivity contribution < 1.29 is 9.53 Å². The number of alkyl halides is 3. The first-order valence-corrected chi connectivity index (χ1v) is 5.11. The molecule has 7 heteroatoms. The van der Waals surface area contributed by atoms with Gasteiger partial charge >= 0.3 is 0 Å². The van der Waals surface area contributed by atoms with Crippen molar-refractivity contribution in [2.24, 2.45) is 0 Å². The summed E-state index contributed by atoms with van der Waals surface area (Å²) in [6, 6.07) is 7.86. The second-order valence-electron chi connectivity index (χ2n) is 2.64. The molecule has 0 atom stereocenters. The molecule has 2 aliphatic heterocycles. The van der Waals surface area contributed by atoms with E-state index in [-0.39, 0.29) is 0 Å². The molecule has 1 N–H and O–H groups in total. The smallest absolute Gasteiger partial charge is 0.285 e. The highest BCUT2D eigenvalue weighted by atomic mass is 35.6. The van der Waals surface area contributed by atoms with Crippen molar-refractivity contribution in [1.29, 1.82) is 5.26 Å². The Bertz CT molecular complexity index is 412. The number of nitriles is 1. The van der Waals surface area contributed by atoms with Crippen LogP contribution >= 0.6 is 34.8 Å². The molecule has 3 rings (SSSR count). The highest BCUT2D eigenvalue weighted by Crippen LogP contribution is 2.32. The molecule has 2 bridgehead atoms. The van der Waals surface area contributed by atoms with Crippen LogP contribution in [0.4, 0.5) is 0 Å². The van der Waals surface area contributed by atoms with Crippen LogP contribution in [0.3, 0.4) is 0 Å². The van der Waals surface area contributed by atoms with Crippen molar-refractivity contribution in [3.05, 3.63) is 24.3 Å². The maximum absolute atomic E-state index is 10.3. The van der Waals surface area contributed by atoms with Gasteiger partial charge < -0.3 is 4.74 Å². The van der Waals surface area contributed by atoms with E-state index in [1.807, 2.05) is 24.3 Å². The van der Waals surface area contributed by atoms with Crippen LogP contribution in [-0.2, 0) is 4.79 Å². The Labute approximate surface area is 107 Å². The normalized spacial score (nSPS) is 10.9. The van der Waals surface area contributed by atoms with Gasteiger partial charge in [-0.2, -0.15) is 5.26 Å². The summed E-state index contributed by atoms with van der Waals surface area (Å²) in [5.74, 6) is 1.02. The van der Waals surface area contributed by atoms with Crippen LogP contribution in [0.5, 0.6) is 11.5 Å². The van der Waals surface area contributed by atoms with Crippen LogP contribution in [0, 0.1) is 11.5 Å². The molecule has 0 unspecified atom stereocenters. The van der Waals surface area contributed by atoms with Crippen LogP contribution < -0.4 is 10.1 Å². The molecular weight excluding hydrogens is 274 g/mol. The van der Waals surface area contributed by atoms with E-state index in [1.165, 1.54) is 6.19 Å². The van der Waals surface area contributed by atoms with Crippen molar-refractivity contribution in [3.63, 3.8) is 0 Å². The Hall–Kier alpha value is -1.15. The molecule has 2 heterocycles. The van der Waals surface area contributed by atoms with E-state index in [0.717, 1.165) is 11.5 Å². The fraction of sp³-hybridized carbons (Fsp3) is 0.111. The van der Waals surface area contributed by atoms with Gasteiger partial charge in [-0.15, -0.1) is 0 Å². The third-order valence-electron chi connectivity index (χ3n) is 1.47. The molecule has 1 amide bonds. The van der Waals surface area contributed by atoms with Crippen molar-refractivity contribution in [2.45, 2.75) is 3.79 Å². The zero-order valence-corrected chi connectivity index (χ0v) is 9.97. The number of carbonyl (C=O) groups is 1. The molecule has 0 saturated carbocycles. The minimum absolute atomic E-state index is 0.949. The number of carbonyl (C=O) groups excluding carboxylic acids is 1. The Morgan fingerprint density at radius 3 is 2.00 bits per heavy atom. The first kappa shape index (κ1) is 12.9. The lowest BCUT2D eigenvalue weighted by Crippen LogP contribution is -2.30. The number of rotatable bonds is 0. The summed E-state index contributed by atoms with van der Waals surface area (Å²) in [6.45, 7) is 0. The summed E-state index contributed by atoms with van der Waals surface area (Å²) in [6.07, 6.45) is 1.32. The van der Waals surface area contributed by atoms with Crippen LogP contribution in [0.25, 0.3) is 0 Å². The molecule has 16 heavy (non-hydrogen) atoms. The largest absolute Gasteiger partial charge is 0.457 e. The molecule has 0 saturated heterocycles. The second kappa shape index (κ2) is 5.26. The van der Waals surface area contributed by atoms with E-state index in [4.69, 9.17) is 44.8 Å². The molecule has 0 aliphatic carbocycles. The molecule has 0 aromatic heterocycles. The SMILES string of the molecule is N#CNC(=O)C(Cl)(Cl)Cl.c1cc2cc(c1)O2. The molecule has 0 fully saturated rings. The summed E-state index contributed by atoms with van der Waals surface area (Å²) >= 11 is 15.1. The van der Waals surface area contributed by atoms with E-state index >= 15 is 0 Å². The number of nitrogens with one attached hydrogen (secondary N) is 1. The number of benzene rings is 1. The van der Waals surface area contributed by atoms with Gasteiger partial charge in [0.2, 0.25) is 0 Å². The highest BCUT2D eigenvalue weighted by molar-refractivity contribution is 6.76. The number of fused-ring (bicyclic) bond motifs is 2. The lowest BCUT2D eigenvalue weighted by Gasteiger charge is -2.13. The summed E-state index contributed by atoms with van der Waals surface area (Å²) < 4.78 is 2.96. The maximum atomic E-state index is 10.3. The Morgan fingerprint density at radius 2 is 1.88 bits per heavy atom. The minimum atomic E-state index is -2.05. The van der Waals surface area contributed by atoms with Gasteiger partial charge in [0, 0.05) is 6.07 Å². The number of nitrogens with zero attached hydrogens (tertiary/aromatic N) is 1. The number of ether oxygens (including phenoxy) is 1. The van der Waals surface area contributed by atoms with Gasteiger partial charge in [0.15, 0.2) is 6.19 Å². The van der Waals surface area contributed by atoms with Crippen molar-refractivity contribution in [1.82, 2.24) is 5.32 Å². The molecule has 1 aromatic carbocycles. The molecule has 0 radical (unpaired) electrons. The standard InChI is InChI=1S/C6H4O.C3HCl3N2O/c1-2-5-4-6(3-1)7-5;4-3(5,6)2(9)8-1-7/h1-4H;(H,8,9). The van der Waals surface area contributed by atoms with E-state index in [9.17, 15) is 4.79 Å². The monoisotopic (exact) mass is 278 g/mol. The number of amides is 1. The fourth-order valence-electron chi connectivity index (χ4n) is 0.801. The van der Waals surface area contributed by atoms with Crippen LogP contribution in [0.2, 0.25) is 0 Å². The second-order valence-corrected chi connectivity index (χ2v) is 4.92. The average molecular weight is 280 g/mol. The van der Waals surface area contributed by atoms with Gasteiger partial charge in [-0.25, -0.2) is 0 Å². The first-order valence-electron chi connectivity index (χ1n) is 3.97. The van der Waals surface area contributed by atoms with E-state index < -0.39 is 9.70 Å². The lowest BCUT2D eigenvalue weighted by molar-refractivity contribution is -0.119. The van der Waals surface area contributed by atoms with Crippen molar-refractivity contribution in [2.75, 3.05) is 0 Å². The molecule has 1 aromatic rings. The Kier molecular flexibility index (Phi) is 4.25. The molecular formula is C9H5Cl3N2O2. The van der Waals surface area contributed by atoms with Gasteiger partial charge in [-0.05, 0) is 12.1 Å². The van der Waals surface area contributed by atoms with E-state index in [0.29, 0.717) is 0 Å². The van der Waals surface area contributed by atoms with Gasteiger partial charge in [0.05, 0.1) is 0 Å². The average Bonchev–Trinajstić information content (AvgIpc) is 2.18. The third-order valence-corrected chi connectivity index (χ3v) is 1.98. The van der Waals surface area contributed by atoms with Crippen molar-refractivity contribution in [3.8, 4) is 17.7 Å². The maximum Gasteiger partial charge on any atom is 0.285 e. The Balaban J connectivity index is 0.000000163. The van der Waals surface area contributed by atoms with Gasteiger partial charge in [0.1, 0.15) is 11.5 Å². The summed E-state index contributed by atoms with van der Waals surface area (Å²) in [4.78, 5) is 10.3. The van der Waals surface area contributed by atoms with Crippen LogP contribution in [0.1, 0.15) is 0 Å². The topological polar surface area (TPSA) is 62.1 Å². The van der Waals surface area contributed by atoms with E-state index in [1.54, 1.807) is 5.32 Å². The summed E-state index contributed by atoms with van der Waals surface area (Å²) in [7, 11) is 0. The minimum Gasteiger partial charge on any atom is -0.457 e. The van der Waals surface area contributed by atoms with Gasteiger partial charge in [-0.1, -0.05) is 40.9 Å². The predicted molar refractivity (Wildman–Crippen MR) is 60.6 cm³/mol. The first-order chi connectivity index (χ1) is 7.43. The third kappa shape index (κ3) is 3.78. The zero-order valence-electron chi connectivity index (χ0n) is 7.71. The van der Waals surface area contributed by atoms with Crippen molar-refractivity contribution >= 4 is 40.7 Å². The summed E-state index contributed by atoms with van der Waals surface area (Å²) in [5, 5.41) is 9.50. The number of hydrogen-bond donors (Lipinski definition) is 1. The molecule has 2 aliphatic rings. The zero-order chi connectivity index (χ0) is 12.2. The fourth-order valence-corrected chi connectivity index (χ4v) is 0.943. The molecule has 4 nitrogen and oxygen atoms in total. The molecule has 84 valence electrons. The summed E-state index contributed by atoms with van der Waals surface area (Å²) in [5.41, 5.74) is 0. The van der Waals surface area contributed by atoms with Gasteiger partial charge in [-0.3, -0.25) is 10.1 Å². The van der Waals surface area contributed by atoms with Crippen LogP contribution in [-0.4, -0.2) is 9.70 Å². The number of halogens is 3. The number of hydrogen-bond acceptors (Lipinski definition) is 3. The lowest BCUT2D eigenvalue weighted by atomic mass is 10.2. The predicted octanol–water partition coefficient (Wildman–Crippen LogP) is 2.75. The quantitative estimate of drug-likeness (QED) is 0.458. The van der Waals surface area contributed by atoms with E-state index in [2.05, 4.69) is 0 Å². The molecule has 0 spiro atoms. The van der Waals surface area contributed by atoms with Crippen LogP contribution in [0.15, 0.2) is 24.3 Å². The Morgan fingerprint density at radius 1 is 1.38 bits per heavy atom.